The zero-order valence-electron chi connectivity index (χ0n) is 13.8. The van der Waals surface area contributed by atoms with Gasteiger partial charge >= 0.3 is 6.09 Å². The van der Waals surface area contributed by atoms with Crippen LogP contribution >= 0.6 is 0 Å². The number of hydrogen-bond donors (Lipinski definition) is 2. The molecule has 134 valence electrons. The van der Waals surface area contributed by atoms with Crippen molar-refractivity contribution in [3.63, 3.8) is 0 Å². The number of methoxy groups -OCH3 is 1. The van der Waals surface area contributed by atoms with Crippen LogP contribution in [-0.2, 0) is 21.3 Å². The van der Waals surface area contributed by atoms with Gasteiger partial charge in [0.05, 0.1) is 11.5 Å². The predicted molar refractivity (Wildman–Crippen MR) is 92.8 cm³/mol. The molecule has 0 saturated carbocycles. The van der Waals surface area contributed by atoms with Gasteiger partial charge in [-0.2, -0.15) is 0 Å². The van der Waals surface area contributed by atoms with E-state index in [1.54, 1.807) is 36.4 Å². The number of carbonyl (C=O) groups excluding carboxylic acids is 1. The number of amides is 1. The van der Waals surface area contributed by atoms with E-state index in [4.69, 9.17) is 9.47 Å². The molecule has 2 aromatic carbocycles. The van der Waals surface area contributed by atoms with Crippen LogP contribution in [0.2, 0.25) is 0 Å². The second kappa shape index (κ2) is 9.16. The normalized spacial score (nSPS) is 11.1. The number of para-hydroxylation sites is 1. The molecule has 8 heteroatoms. The minimum absolute atomic E-state index is 0.152. The summed E-state index contributed by atoms with van der Waals surface area (Å²) in [7, 11) is -2.06. The zero-order chi connectivity index (χ0) is 18.1. The minimum Gasteiger partial charge on any atom is -0.410 e. The second-order valence-electron chi connectivity index (χ2n) is 5.09. The summed E-state index contributed by atoms with van der Waals surface area (Å²) in [6.07, 6.45) is -0.580. The Kier molecular flexibility index (Phi) is 6.93. The molecule has 2 rings (SSSR count). The molecule has 0 bridgehead atoms. The van der Waals surface area contributed by atoms with Crippen LogP contribution in [0, 0.1) is 0 Å². The van der Waals surface area contributed by atoms with Crippen LogP contribution in [0.1, 0.15) is 5.56 Å². The summed E-state index contributed by atoms with van der Waals surface area (Å²) >= 11 is 0. The summed E-state index contributed by atoms with van der Waals surface area (Å²) in [5.74, 6) is 0.448. The Hall–Kier alpha value is -2.42. The van der Waals surface area contributed by atoms with Crippen molar-refractivity contribution in [3.05, 3.63) is 60.2 Å². The van der Waals surface area contributed by atoms with Gasteiger partial charge in [-0.25, -0.2) is 17.9 Å². The molecule has 0 spiro atoms. The third-order valence-electron chi connectivity index (χ3n) is 3.22. The fourth-order valence-electron chi connectivity index (χ4n) is 1.95. The summed E-state index contributed by atoms with van der Waals surface area (Å²) in [4.78, 5) is 11.9. The van der Waals surface area contributed by atoms with E-state index in [-0.39, 0.29) is 18.0 Å². The van der Waals surface area contributed by atoms with Crippen molar-refractivity contribution in [1.82, 2.24) is 10.0 Å². The Balaban J connectivity index is 1.86. The van der Waals surface area contributed by atoms with E-state index in [9.17, 15) is 13.2 Å². The van der Waals surface area contributed by atoms with Crippen LogP contribution in [-0.4, -0.2) is 34.8 Å². The van der Waals surface area contributed by atoms with Crippen LogP contribution in [0.25, 0.3) is 0 Å². The van der Waals surface area contributed by atoms with E-state index in [2.05, 4.69) is 10.0 Å². The second-order valence-corrected chi connectivity index (χ2v) is 6.86. The Labute approximate surface area is 147 Å². The number of carbonyl (C=O) groups is 1. The molecule has 25 heavy (non-hydrogen) atoms. The van der Waals surface area contributed by atoms with Gasteiger partial charge in [0.1, 0.15) is 5.75 Å². The lowest BCUT2D eigenvalue weighted by Gasteiger charge is -2.08. The predicted octanol–water partition coefficient (Wildman–Crippen LogP) is 1.90. The molecule has 0 aliphatic carbocycles. The highest BCUT2D eigenvalue weighted by Crippen LogP contribution is 2.11. The summed E-state index contributed by atoms with van der Waals surface area (Å²) in [6.45, 7) is 0.724. The number of nitrogens with one attached hydrogen (secondary N) is 2. The van der Waals surface area contributed by atoms with Gasteiger partial charge in [0.15, 0.2) is 0 Å². The van der Waals surface area contributed by atoms with Crippen molar-refractivity contribution in [2.75, 3.05) is 20.3 Å². The fraction of sp³-hybridized carbons (Fsp3) is 0.235. The first kappa shape index (κ1) is 18.9. The first-order valence-corrected chi connectivity index (χ1v) is 9.08. The lowest BCUT2D eigenvalue weighted by Crippen LogP contribution is -2.27. The minimum atomic E-state index is -3.56. The smallest absolute Gasteiger partial charge is 0.410 e. The SMILES string of the molecule is COCCNS(=O)(=O)c1ccc(CNC(=O)Oc2ccccc2)cc1. The van der Waals surface area contributed by atoms with Gasteiger partial charge in [0.2, 0.25) is 10.0 Å². The van der Waals surface area contributed by atoms with Crippen molar-refractivity contribution in [2.24, 2.45) is 0 Å². The molecule has 0 fully saturated rings. The fourth-order valence-corrected chi connectivity index (χ4v) is 2.97. The largest absolute Gasteiger partial charge is 0.412 e. The first-order chi connectivity index (χ1) is 12.0. The van der Waals surface area contributed by atoms with Gasteiger partial charge in [-0.15, -0.1) is 0 Å². The summed E-state index contributed by atoms with van der Waals surface area (Å²) in [5, 5.41) is 2.60. The van der Waals surface area contributed by atoms with Gasteiger partial charge < -0.3 is 14.8 Å². The lowest BCUT2D eigenvalue weighted by molar-refractivity contribution is 0.200. The Morgan fingerprint density at radius 3 is 2.36 bits per heavy atom. The van der Waals surface area contributed by atoms with Crippen molar-refractivity contribution < 1.29 is 22.7 Å². The van der Waals surface area contributed by atoms with Crippen molar-refractivity contribution in [2.45, 2.75) is 11.4 Å². The third kappa shape index (κ3) is 6.18. The first-order valence-electron chi connectivity index (χ1n) is 7.59. The highest BCUT2D eigenvalue weighted by Gasteiger charge is 2.13. The monoisotopic (exact) mass is 364 g/mol. The Morgan fingerprint density at radius 1 is 1.04 bits per heavy atom. The van der Waals surface area contributed by atoms with Crippen LogP contribution in [0.5, 0.6) is 5.75 Å². The summed E-state index contributed by atoms with van der Waals surface area (Å²) < 4.78 is 36.4. The van der Waals surface area contributed by atoms with Crippen LogP contribution in [0.4, 0.5) is 4.79 Å². The maximum Gasteiger partial charge on any atom is 0.412 e. The van der Waals surface area contributed by atoms with Crippen LogP contribution in [0.15, 0.2) is 59.5 Å². The van der Waals surface area contributed by atoms with E-state index < -0.39 is 16.1 Å². The molecule has 0 radical (unpaired) electrons. The lowest BCUT2D eigenvalue weighted by atomic mass is 10.2. The standard InChI is InChI=1S/C17H20N2O5S/c1-23-12-11-19-25(21,22)16-9-7-14(8-10-16)13-18-17(20)24-15-5-3-2-4-6-15/h2-10,19H,11-13H2,1H3,(H,18,20). The quantitative estimate of drug-likeness (QED) is 0.698. The number of benzene rings is 2. The van der Waals surface area contributed by atoms with Gasteiger partial charge in [0, 0.05) is 20.2 Å². The molecule has 2 N–H and O–H groups in total. The van der Waals surface area contributed by atoms with E-state index in [1.807, 2.05) is 6.07 Å². The topological polar surface area (TPSA) is 93.7 Å². The van der Waals surface area contributed by atoms with Gasteiger partial charge in [-0.1, -0.05) is 30.3 Å². The van der Waals surface area contributed by atoms with E-state index in [0.29, 0.717) is 12.4 Å². The number of rotatable bonds is 8. The summed E-state index contributed by atoms with van der Waals surface area (Å²) in [5.41, 5.74) is 0.751. The van der Waals surface area contributed by atoms with Gasteiger partial charge in [-0.05, 0) is 29.8 Å². The van der Waals surface area contributed by atoms with Gasteiger partial charge in [0.25, 0.3) is 0 Å². The number of hydrogen-bond acceptors (Lipinski definition) is 5. The van der Waals surface area contributed by atoms with Crippen molar-refractivity contribution in [3.8, 4) is 5.75 Å². The average molecular weight is 364 g/mol. The highest BCUT2D eigenvalue weighted by molar-refractivity contribution is 7.89. The number of sulfonamides is 1. The average Bonchev–Trinajstić information content (AvgIpc) is 2.61. The van der Waals surface area contributed by atoms with E-state index >= 15 is 0 Å². The maximum absolute atomic E-state index is 12.0. The Morgan fingerprint density at radius 2 is 1.72 bits per heavy atom. The molecule has 0 aliphatic heterocycles. The molecule has 0 heterocycles. The molecule has 2 aromatic rings. The Bertz CT molecular complexity index is 776. The van der Waals surface area contributed by atoms with Crippen molar-refractivity contribution in [1.29, 1.82) is 0 Å². The van der Waals surface area contributed by atoms with Crippen molar-refractivity contribution >= 4 is 16.1 Å². The molecular formula is C17H20N2O5S. The maximum atomic E-state index is 12.0. The van der Waals surface area contributed by atoms with Crippen LogP contribution in [0.3, 0.4) is 0 Å². The molecule has 0 aromatic heterocycles. The molecule has 7 nitrogen and oxygen atoms in total. The third-order valence-corrected chi connectivity index (χ3v) is 4.70. The van der Waals surface area contributed by atoms with Crippen LogP contribution < -0.4 is 14.8 Å². The molecule has 0 saturated heterocycles. The molecule has 0 unspecified atom stereocenters. The zero-order valence-corrected chi connectivity index (χ0v) is 14.6. The van der Waals surface area contributed by atoms with E-state index in [0.717, 1.165) is 5.56 Å². The summed E-state index contributed by atoms with van der Waals surface area (Å²) in [6, 6.07) is 14.9. The number of ether oxygens (including phenoxy) is 2. The van der Waals surface area contributed by atoms with E-state index in [1.165, 1.54) is 19.2 Å². The molecular weight excluding hydrogens is 344 g/mol. The highest BCUT2D eigenvalue weighted by atomic mass is 32.2. The van der Waals surface area contributed by atoms with Gasteiger partial charge in [-0.3, -0.25) is 0 Å². The molecule has 0 atom stereocenters. The molecule has 0 aliphatic rings. The molecule has 1 amide bonds.